The SMILES string of the molecule is CCCNC(C)c1ccc(SC(C)COC)cc1. The molecule has 0 aliphatic heterocycles. The third kappa shape index (κ3) is 5.42. The van der Waals surface area contributed by atoms with Gasteiger partial charge in [0, 0.05) is 23.3 Å². The van der Waals surface area contributed by atoms with Gasteiger partial charge < -0.3 is 10.1 Å². The number of nitrogens with one attached hydrogen (secondary N) is 1. The Morgan fingerprint density at radius 3 is 2.44 bits per heavy atom. The van der Waals surface area contributed by atoms with Gasteiger partial charge in [-0.1, -0.05) is 26.0 Å². The second-order valence-corrected chi connectivity index (χ2v) is 6.14. The Hall–Kier alpha value is -0.510. The van der Waals surface area contributed by atoms with E-state index >= 15 is 0 Å². The molecule has 1 aromatic carbocycles. The van der Waals surface area contributed by atoms with Gasteiger partial charge in [0.1, 0.15) is 0 Å². The van der Waals surface area contributed by atoms with E-state index in [1.54, 1.807) is 7.11 Å². The van der Waals surface area contributed by atoms with Gasteiger partial charge in [0.15, 0.2) is 0 Å². The van der Waals surface area contributed by atoms with Gasteiger partial charge in [0.05, 0.1) is 6.61 Å². The van der Waals surface area contributed by atoms with Crippen LogP contribution >= 0.6 is 11.8 Å². The topological polar surface area (TPSA) is 21.3 Å². The quantitative estimate of drug-likeness (QED) is 0.722. The summed E-state index contributed by atoms with van der Waals surface area (Å²) in [5.41, 5.74) is 1.35. The van der Waals surface area contributed by atoms with Gasteiger partial charge in [0.2, 0.25) is 0 Å². The molecule has 3 heteroatoms. The van der Waals surface area contributed by atoms with Crippen molar-refractivity contribution in [2.75, 3.05) is 20.3 Å². The maximum Gasteiger partial charge on any atom is 0.0582 e. The van der Waals surface area contributed by atoms with E-state index in [1.807, 2.05) is 11.8 Å². The highest BCUT2D eigenvalue weighted by Gasteiger charge is 2.06. The van der Waals surface area contributed by atoms with E-state index in [-0.39, 0.29) is 0 Å². The van der Waals surface area contributed by atoms with Crippen LogP contribution in [0.5, 0.6) is 0 Å². The zero-order valence-corrected chi connectivity index (χ0v) is 12.7. The summed E-state index contributed by atoms with van der Waals surface area (Å²) in [5, 5.41) is 4.00. The molecule has 2 nitrogen and oxygen atoms in total. The fourth-order valence-corrected chi connectivity index (χ4v) is 2.78. The maximum absolute atomic E-state index is 5.15. The molecule has 0 aliphatic rings. The lowest BCUT2D eigenvalue weighted by atomic mass is 10.1. The molecule has 0 amide bonds. The molecule has 0 heterocycles. The lowest BCUT2D eigenvalue weighted by Crippen LogP contribution is -2.19. The van der Waals surface area contributed by atoms with E-state index in [0.29, 0.717) is 11.3 Å². The fourth-order valence-electron chi connectivity index (χ4n) is 1.81. The van der Waals surface area contributed by atoms with Crippen molar-refractivity contribution < 1.29 is 4.74 Å². The summed E-state index contributed by atoms with van der Waals surface area (Å²) in [6, 6.07) is 9.28. The number of benzene rings is 1. The van der Waals surface area contributed by atoms with Crippen LogP contribution in [0.25, 0.3) is 0 Å². The van der Waals surface area contributed by atoms with Crippen LogP contribution in [0, 0.1) is 0 Å². The van der Waals surface area contributed by atoms with Crippen molar-refractivity contribution in [3.05, 3.63) is 29.8 Å². The zero-order chi connectivity index (χ0) is 13.4. The molecule has 18 heavy (non-hydrogen) atoms. The third-order valence-corrected chi connectivity index (χ3v) is 3.90. The minimum atomic E-state index is 0.431. The predicted molar refractivity (Wildman–Crippen MR) is 80.3 cm³/mol. The van der Waals surface area contributed by atoms with E-state index in [9.17, 15) is 0 Å². The lowest BCUT2D eigenvalue weighted by molar-refractivity contribution is 0.203. The summed E-state index contributed by atoms with van der Waals surface area (Å²) in [4.78, 5) is 1.31. The number of hydrogen-bond donors (Lipinski definition) is 1. The van der Waals surface area contributed by atoms with Crippen molar-refractivity contribution in [3.8, 4) is 0 Å². The fraction of sp³-hybridized carbons (Fsp3) is 0.600. The van der Waals surface area contributed by atoms with E-state index in [2.05, 4.69) is 50.4 Å². The highest BCUT2D eigenvalue weighted by Crippen LogP contribution is 2.25. The molecule has 0 aliphatic carbocycles. The molecule has 0 saturated heterocycles. The summed E-state index contributed by atoms with van der Waals surface area (Å²) in [5.74, 6) is 0. The molecule has 1 rings (SSSR count). The monoisotopic (exact) mass is 267 g/mol. The van der Waals surface area contributed by atoms with Crippen LogP contribution in [-0.4, -0.2) is 25.5 Å². The summed E-state index contributed by atoms with van der Waals surface area (Å²) in [6.45, 7) is 8.46. The summed E-state index contributed by atoms with van der Waals surface area (Å²) in [7, 11) is 1.75. The van der Waals surface area contributed by atoms with Gasteiger partial charge in [-0.3, -0.25) is 0 Å². The Morgan fingerprint density at radius 2 is 1.89 bits per heavy atom. The van der Waals surface area contributed by atoms with E-state index < -0.39 is 0 Å². The van der Waals surface area contributed by atoms with Crippen molar-refractivity contribution >= 4 is 11.8 Å². The number of hydrogen-bond acceptors (Lipinski definition) is 3. The van der Waals surface area contributed by atoms with Crippen molar-refractivity contribution in [3.63, 3.8) is 0 Å². The molecule has 0 radical (unpaired) electrons. The molecule has 0 bridgehead atoms. The van der Waals surface area contributed by atoms with Crippen LogP contribution < -0.4 is 5.32 Å². The average molecular weight is 267 g/mol. The lowest BCUT2D eigenvalue weighted by Gasteiger charge is -2.15. The summed E-state index contributed by atoms with van der Waals surface area (Å²) in [6.07, 6.45) is 1.17. The van der Waals surface area contributed by atoms with Crippen LogP contribution in [0.2, 0.25) is 0 Å². The van der Waals surface area contributed by atoms with Crippen LogP contribution in [-0.2, 0) is 4.74 Å². The van der Waals surface area contributed by atoms with Crippen LogP contribution in [0.1, 0.15) is 38.8 Å². The largest absolute Gasteiger partial charge is 0.384 e. The van der Waals surface area contributed by atoms with Crippen molar-refractivity contribution in [2.24, 2.45) is 0 Å². The first kappa shape index (κ1) is 15.5. The normalized spacial score (nSPS) is 14.4. The van der Waals surface area contributed by atoms with E-state index in [0.717, 1.165) is 13.2 Å². The van der Waals surface area contributed by atoms with Crippen molar-refractivity contribution in [1.29, 1.82) is 0 Å². The van der Waals surface area contributed by atoms with E-state index in [4.69, 9.17) is 4.74 Å². The van der Waals surface area contributed by atoms with Crippen LogP contribution in [0.15, 0.2) is 29.2 Å². The maximum atomic E-state index is 5.15. The molecule has 0 saturated carbocycles. The van der Waals surface area contributed by atoms with Crippen LogP contribution in [0.3, 0.4) is 0 Å². The molecule has 1 aromatic rings. The number of methoxy groups -OCH3 is 1. The van der Waals surface area contributed by atoms with Gasteiger partial charge in [-0.25, -0.2) is 0 Å². The first-order valence-corrected chi connectivity index (χ1v) is 7.54. The Balaban J connectivity index is 2.51. The van der Waals surface area contributed by atoms with Gasteiger partial charge in [-0.15, -0.1) is 11.8 Å². The van der Waals surface area contributed by atoms with Crippen LogP contribution in [0.4, 0.5) is 0 Å². The van der Waals surface area contributed by atoms with Crippen molar-refractivity contribution in [2.45, 2.75) is 43.4 Å². The predicted octanol–water partition coefficient (Wildman–Crippen LogP) is 3.87. The first-order chi connectivity index (χ1) is 8.67. The third-order valence-electron chi connectivity index (χ3n) is 2.82. The van der Waals surface area contributed by atoms with Gasteiger partial charge in [0.25, 0.3) is 0 Å². The van der Waals surface area contributed by atoms with Gasteiger partial charge in [-0.05, 0) is 37.6 Å². The second kappa shape index (κ2) is 8.57. The van der Waals surface area contributed by atoms with Crippen molar-refractivity contribution in [1.82, 2.24) is 5.32 Å². The van der Waals surface area contributed by atoms with Gasteiger partial charge in [-0.2, -0.15) is 0 Å². The second-order valence-electron chi connectivity index (χ2n) is 4.63. The molecule has 102 valence electrons. The number of thioether (sulfide) groups is 1. The summed E-state index contributed by atoms with van der Waals surface area (Å²) < 4.78 is 5.15. The van der Waals surface area contributed by atoms with Gasteiger partial charge >= 0.3 is 0 Å². The minimum absolute atomic E-state index is 0.431. The molecule has 0 spiro atoms. The highest BCUT2D eigenvalue weighted by molar-refractivity contribution is 8.00. The molecule has 0 fully saturated rings. The number of ether oxygens (including phenoxy) is 1. The highest BCUT2D eigenvalue weighted by atomic mass is 32.2. The smallest absolute Gasteiger partial charge is 0.0582 e. The molecular formula is C15H25NOS. The molecule has 2 atom stereocenters. The average Bonchev–Trinajstić information content (AvgIpc) is 2.37. The first-order valence-electron chi connectivity index (χ1n) is 6.66. The Morgan fingerprint density at radius 1 is 1.22 bits per heavy atom. The summed E-state index contributed by atoms with van der Waals surface area (Å²) >= 11 is 1.86. The standard InChI is InChI=1S/C15H25NOS/c1-5-10-16-13(3)14-6-8-15(9-7-14)18-12(2)11-17-4/h6-9,12-13,16H,5,10-11H2,1-4H3. The molecule has 2 unspecified atom stereocenters. The zero-order valence-electron chi connectivity index (χ0n) is 11.9. The molecule has 0 aromatic heterocycles. The number of rotatable bonds is 8. The Kier molecular flexibility index (Phi) is 7.40. The van der Waals surface area contributed by atoms with E-state index in [1.165, 1.54) is 16.9 Å². The molecular weight excluding hydrogens is 242 g/mol. The minimum Gasteiger partial charge on any atom is -0.384 e. The Bertz CT molecular complexity index is 326. The molecule has 1 N–H and O–H groups in total. The Labute approximate surface area is 116 Å².